The first-order valence-electron chi connectivity index (χ1n) is 8.30. The second-order valence-electron chi connectivity index (χ2n) is 6.30. The van der Waals surface area contributed by atoms with E-state index in [0.29, 0.717) is 22.8 Å². The van der Waals surface area contributed by atoms with Crippen molar-refractivity contribution in [2.24, 2.45) is 0 Å². The molecule has 1 aliphatic rings. The largest absolute Gasteiger partial charge is 0.345 e. The number of hydrogen-bond acceptors (Lipinski definition) is 5. The average molecular weight is 353 g/mol. The van der Waals surface area contributed by atoms with Gasteiger partial charge in [0.05, 0.1) is 5.75 Å². The zero-order chi connectivity index (χ0) is 17.4. The smallest absolute Gasteiger partial charge is 0.209 e. The summed E-state index contributed by atoms with van der Waals surface area (Å²) in [5.41, 5.74) is 4.00. The third-order valence-corrected chi connectivity index (χ3v) is 5.30. The van der Waals surface area contributed by atoms with Gasteiger partial charge in [0.25, 0.3) is 0 Å². The van der Waals surface area contributed by atoms with Gasteiger partial charge in [-0.25, -0.2) is 4.98 Å². The Labute approximate surface area is 150 Å². The quantitative estimate of drug-likeness (QED) is 0.541. The highest BCUT2D eigenvalue weighted by atomic mass is 32.2. The summed E-state index contributed by atoms with van der Waals surface area (Å²) in [6.07, 6.45) is 5.86. The van der Waals surface area contributed by atoms with Gasteiger partial charge in [-0.1, -0.05) is 11.8 Å². The van der Waals surface area contributed by atoms with Crippen LogP contribution in [0.25, 0.3) is 11.4 Å². The van der Waals surface area contributed by atoms with Crippen LogP contribution in [0, 0.1) is 13.8 Å². The van der Waals surface area contributed by atoms with E-state index in [1.165, 1.54) is 30.3 Å². The highest BCUT2D eigenvalue weighted by molar-refractivity contribution is 7.99. The minimum Gasteiger partial charge on any atom is -0.345 e. The van der Waals surface area contributed by atoms with E-state index in [2.05, 4.69) is 31.7 Å². The molecule has 4 rings (SSSR count). The van der Waals surface area contributed by atoms with Gasteiger partial charge in [0.2, 0.25) is 5.16 Å². The molecule has 3 heterocycles. The molecule has 1 fully saturated rings. The number of carbonyl (C=O) groups is 1. The molecular formula is C18H19N5OS. The topological polar surface area (TPSA) is 76.5 Å². The minimum atomic E-state index is 0.125. The Morgan fingerprint density at radius 3 is 2.80 bits per heavy atom. The summed E-state index contributed by atoms with van der Waals surface area (Å²) >= 11 is 1.36. The monoisotopic (exact) mass is 353 g/mol. The van der Waals surface area contributed by atoms with Gasteiger partial charge in [0, 0.05) is 41.0 Å². The van der Waals surface area contributed by atoms with E-state index in [9.17, 15) is 4.79 Å². The molecule has 1 N–H and O–H groups in total. The van der Waals surface area contributed by atoms with Gasteiger partial charge in [-0.3, -0.25) is 14.9 Å². The number of pyridine rings is 1. The molecule has 0 aliphatic heterocycles. The number of nitrogens with one attached hydrogen (secondary N) is 1. The number of carbonyl (C=O) groups excluding carboxylic acids is 1. The number of rotatable bonds is 6. The lowest BCUT2D eigenvalue weighted by Gasteiger charge is -2.07. The standard InChI is InChI=1S/C18H19N5OS/c1-11-9-15(12(2)23(11)14-3-4-14)16(24)10-25-18-20-17(21-22-18)13-5-7-19-8-6-13/h5-9,14H,3-4,10H2,1-2H3,(H,20,21,22). The summed E-state index contributed by atoms with van der Waals surface area (Å²) in [5.74, 6) is 1.15. The van der Waals surface area contributed by atoms with Crippen molar-refractivity contribution >= 4 is 17.5 Å². The van der Waals surface area contributed by atoms with Crippen LogP contribution in [-0.2, 0) is 0 Å². The Morgan fingerprint density at radius 2 is 2.08 bits per heavy atom. The summed E-state index contributed by atoms with van der Waals surface area (Å²) in [7, 11) is 0. The fraction of sp³-hybridized carbons (Fsp3) is 0.333. The van der Waals surface area contributed by atoms with Crippen molar-refractivity contribution in [3.8, 4) is 11.4 Å². The van der Waals surface area contributed by atoms with Crippen LogP contribution in [0.1, 0.15) is 40.6 Å². The zero-order valence-corrected chi connectivity index (χ0v) is 15.0. The zero-order valence-electron chi connectivity index (χ0n) is 14.2. The lowest BCUT2D eigenvalue weighted by atomic mass is 10.2. The van der Waals surface area contributed by atoms with Crippen LogP contribution >= 0.6 is 11.8 Å². The Hall–Kier alpha value is -2.41. The van der Waals surface area contributed by atoms with Gasteiger partial charge in [-0.05, 0) is 44.9 Å². The normalized spacial score (nSPS) is 14.0. The summed E-state index contributed by atoms with van der Waals surface area (Å²) in [4.78, 5) is 21.0. The molecule has 0 bridgehead atoms. The van der Waals surface area contributed by atoms with Crippen molar-refractivity contribution in [3.63, 3.8) is 0 Å². The molecule has 7 heteroatoms. The molecule has 6 nitrogen and oxygen atoms in total. The Bertz CT molecular complexity index is 911. The molecule has 0 amide bonds. The van der Waals surface area contributed by atoms with Crippen LogP contribution in [0.4, 0.5) is 0 Å². The van der Waals surface area contributed by atoms with Gasteiger partial charge >= 0.3 is 0 Å². The first-order chi connectivity index (χ1) is 12.1. The van der Waals surface area contributed by atoms with Crippen LogP contribution in [0.5, 0.6) is 0 Å². The fourth-order valence-corrected chi connectivity index (χ4v) is 3.79. The molecule has 0 unspecified atom stereocenters. The van der Waals surface area contributed by atoms with Crippen molar-refractivity contribution in [1.82, 2.24) is 24.7 Å². The summed E-state index contributed by atoms with van der Waals surface area (Å²) in [6, 6.07) is 6.33. The lowest BCUT2D eigenvalue weighted by molar-refractivity contribution is 0.102. The molecule has 0 atom stereocenters. The van der Waals surface area contributed by atoms with Gasteiger partial charge < -0.3 is 4.57 Å². The molecule has 3 aromatic rings. The number of aromatic amines is 1. The molecule has 0 spiro atoms. The average Bonchev–Trinajstić information content (AvgIpc) is 3.25. The maximum atomic E-state index is 12.6. The maximum Gasteiger partial charge on any atom is 0.209 e. The van der Waals surface area contributed by atoms with E-state index in [0.717, 1.165) is 16.8 Å². The number of hydrogen-bond donors (Lipinski definition) is 1. The Kier molecular flexibility index (Phi) is 4.17. The van der Waals surface area contributed by atoms with Crippen LogP contribution in [0.2, 0.25) is 0 Å². The van der Waals surface area contributed by atoms with E-state index >= 15 is 0 Å². The molecule has 0 saturated heterocycles. The molecule has 0 aromatic carbocycles. The van der Waals surface area contributed by atoms with E-state index in [1.54, 1.807) is 12.4 Å². The highest BCUT2D eigenvalue weighted by Crippen LogP contribution is 2.38. The van der Waals surface area contributed by atoms with E-state index < -0.39 is 0 Å². The van der Waals surface area contributed by atoms with Crippen molar-refractivity contribution in [3.05, 3.63) is 47.5 Å². The molecular weight excluding hydrogens is 334 g/mol. The number of aryl methyl sites for hydroxylation is 1. The van der Waals surface area contributed by atoms with E-state index in [4.69, 9.17) is 0 Å². The van der Waals surface area contributed by atoms with Gasteiger partial charge in [0.15, 0.2) is 11.6 Å². The molecule has 3 aromatic heterocycles. The van der Waals surface area contributed by atoms with Gasteiger partial charge in [0.1, 0.15) is 0 Å². The van der Waals surface area contributed by atoms with Crippen LogP contribution in [0.15, 0.2) is 35.7 Å². The predicted molar refractivity (Wildman–Crippen MR) is 96.8 cm³/mol. The molecule has 0 radical (unpaired) electrons. The molecule has 1 aliphatic carbocycles. The number of H-pyrrole nitrogens is 1. The lowest BCUT2D eigenvalue weighted by Crippen LogP contribution is -2.06. The fourth-order valence-electron chi connectivity index (χ4n) is 3.11. The number of nitrogens with zero attached hydrogens (tertiary/aromatic N) is 4. The second-order valence-corrected chi connectivity index (χ2v) is 7.24. The minimum absolute atomic E-state index is 0.125. The van der Waals surface area contributed by atoms with Crippen LogP contribution < -0.4 is 0 Å². The molecule has 25 heavy (non-hydrogen) atoms. The Balaban J connectivity index is 1.44. The SMILES string of the molecule is Cc1cc(C(=O)CSc2n[nH]c(-c3ccncc3)n2)c(C)n1C1CC1. The van der Waals surface area contributed by atoms with Crippen molar-refractivity contribution < 1.29 is 4.79 Å². The number of ketones is 1. The van der Waals surface area contributed by atoms with Crippen molar-refractivity contribution in [1.29, 1.82) is 0 Å². The van der Waals surface area contributed by atoms with Crippen LogP contribution in [-0.4, -0.2) is 36.3 Å². The van der Waals surface area contributed by atoms with Crippen molar-refractivity contribution in [2.75, 3.05) is 5.75 Å². The summed E-state index contributed by atoms with van der Waals surface area (Å²) in [5, 5.41) is 7.68. The van der Waals surface area contributed by atoms with Crippen molar-refractivity contribution in [2.45, 2.75) is 37.9 Å². The number of thioether (sulfide) groups is 1. The summed E-state index contributed by atoms with van der Waals surface area (Å²) in [6.45, 7) is 4.11. The third-order valence-electron chi connectivity index (χ3n) is 4.45. The Morgan fingerprint density at radius 1 is 1.32 bits per heavy atom. The number of Topliss-reactive ketones (excluding diaryl/α,β-unsaturated/α-hetero) is 1. The first kappa shape index (κ1) is 16.1. The second kappa shape index (κ2) is 6.48. The summed E-state index contributed by atoms with van der Waals surface area (Å²) < 4.78 is 2.30. The predicted octanol–water partition coefficient (Wildman–Crippen LogP) is 3.59. The van der Waals surface area contributed by atoms with E-state index in [-0.39, 0.29) is 5.78 Å². The van der Waals surface area contributed by atoms with Gasteiger partial charge in [-0.2, -0.15) is 0 Å². The highest BCUT2D eigenvalue weighted by Gasteiger charge is 2.28. The molecule has 1 saturated carbocycles. The first-order valence-corrected chi connectivity index (χ1v) is 9.29. The van der Waals surface area contributed by atoms with Crippen LogP contribution in [0.3, 0.4) is 0 Å². The maximum absolute atomic E-state index is 12.6. The number of aromatic nitrogens is 5. The van der Waals surface area contributed by atoms with E-state index in [1.807, 2.05) is 25.1 Å². The third kappa shape index (κ3) is 3.24. The molecule has 128 valence electrons. The van der Waals surface area contributed by atoms with Gasteiger partial charge in [-0.15, -0.1) is 5.10 Å².